The number of nitrogens with zero attached hydrogens (tertiary/aromatic N) is 1. The van der Waals surface area contributed by atoms with E-state index in [0.29, 0.717) is 5.92 Å². The summed E-state index contributed by atoms with van der Waals surface area (Å²) >= 11 is 0. The number of para-hydroxylation sites is 1. The average Bonchev–Trinajstić information content (AvgIpc) is 2.30. The van der Waals surface area contributed by atoms with Crippen molar-refractivity contribution >= 4 is 0 Å². The van der Waals surface area contributed by atoms with Crippen molar-refractivity contribution in [2.45, 2.75) is 18.8 Å². The molecule has 0 bridgehead atoms. The minimum atomic E-state index is 0.598. The first-order chi connectivity index (χ1) is 7.31. The van der Waals surface area contributed by atoms with Gasteiger partial charge in [-0.2, -0.15) is 0 Å². The van der Waals surface area contributed by atoms with Crippen molar-refractivity contribution in [2.24, 2.45) is 5.84 Å². The monoisotopic (exact) mass is 206 g/mol. The molecule has 0 radical (unpaired) electrons. The van der Waals surface area contributed by atoms with Gasteiger partial charge in [0.05, 0.1) is 7.11 Å². The van der Waals surface area contributed by atoms with Gasteiger partial charge in [0.25, 0.3) is 0 Å². The van der Waals surface area contributed by atoms with Crippen LogP contribution in [-0.4, -0.2) is 25.2 Å². The van der Waals surface area contributed by atoms with E-state index in [4.69, 9.17) is 10.6 Å². The van der Waals surface area contributed by atoms with Gasteiger partial charge in [-0.3, -0.25) is 5.84 Å². The summed E-state index contributed by atoms with van der Waals surface area (Å²) in [5, 5.41) is 1.89. The third-order valence-electron chi connectivity index (χ3n) is 3.11. The Labute approximate surface area is 90.8 Å². The number of rotatable bonds is 2. The van der Waals surface area contributed by atoms with Crippen molar-refractivity contribution in [1.82, 2.24) is 5.01 Å². The fraction of sp³-hybridized carbons (Fsp3) is 0.500. The molecule has 3 nitrogen and oxygen atoms in total. The molecule has 0 amide bonds. The van der Waals surface area contributed by atoms with Crippen LogP contribution in [0.25, 0.3) is 0 Å². The zero-order chi connectivity index (χ0) is 10.7. The molecule has 1 saturated heterocycles. The molecule has 0 aliphatic carbocycles. The fourth-order valence-electron chi connectivity index (χ4n) is 2.21. The predicted molar refractivity (Wildman–Crippen MR) is 60.7 cm³/mol. The van der Waals surface area contributed by atoms with Crippen molar-refractivity contribution in [3.05, 3.63) is 29.8 Å². The molecule has 0 atom stereocenters. The van der Waals surface area contributed by atoms with E-state index >= 15 is 0 Å². The van der Waals surface area contributed by atoms with E-state index in [1.165, 1.54) is 5.56 Å². The van der Waals surface area contributed by atoms with Crippen LogP contribution in [0.1, 0.15) is 24.3 Å². The highest BCUT2D eigenvalue weighted by atomic mass is 16.5. The zero-order valence-corrected chi connectivity index (χ0v) is 9.15. The summed E-state index contributed by atoms with van der Waals surface area (Å²) in [7, 11) is 1.73. The summed E-state index contributed by atoms with van der Waals surface area (Å²) in [6.45, 7) is 1.95. The molecule has 2 N–H and O–H groups in total. The maximum Gasteiger partial charge on any atom is 0.122 e. The van der Waals surface area contributed by atoms with Gasteiger partial charge in [0.15, 0.2) is 0 Å². The van der Waals surface area contributed by atoms with Crippen LogP contribution in [0, 0.1) is 0 Å². The highest BCUT2D eigenvalue weighted by Gasteiger charge is 2.20. The number of ether oxygens (including phenoxy) is 1. The molecule has 1 aliphatic rings. The van der Waals surface area contributed by atoms with Gasteiger partial charge in [-0.15, -0.1) is 0 Å². The first-order valence-corrected chi connectivity index (χ1v) is 5.44. The molecule has 1 fully saturated rings. The largest absolute Gasteiger partial charge is 0.496 e. The number of methoxy groups -OCH3 is 1. The average molecular weight is 206 g/mol. The van der Waals surface area contributed by atoms with Gasteiger partial charge in [-0.25, -0.2) is 5.01 Å². The lowest BCUT2D eigenvalue weighted by atomic mass is 9.89. The SMILES string of the molecule is COc1ccccc1C1CCN(N)CC1. The molecule has 0 aromatic heterocycles. The molecule has 1 aliphatic heterocycles. The topological polar surface area (TPSA) is 38.5 Å². The molecule has 0 saturated carbocycles. The van der Waals surface area contributed by atoms with Gasteiger partial charge < -0.3 is 4.74 Å². The van der Waals surface area contributed by atoms with E-state index in [2.05, 4.69) is 12.1 Å². The van der Waals surface area contributed by atoms with Crippen LogP contribution < -0.4 is 10.6 Å². The Kier molecular flexibility index (Phi) is 3.23. The first-order valence-electron chi connectivity index (χ1n) is 5.44. The predicted octanol–water partition coefficient (Wildman–Crippen LogP) is 1.75. The standard InChI is InChI=1S/C12H18N2O/c1-15-12-5-3-2-4-11(12)10-6-8-14(13)9-7-10/h2-5,10H,6-9,13H2,1H3. The van der Waals surface area contributed by atoms with Crippen LogP contribution in [0.2, 0.25) is 0 Å². The van der Waals surface area contributed by atoms with Gasteiger partial charge in [0, 0.05) is 13.1 Å². The van der Waals surface area contributed by atoms with Crippen molar-refractivity contribution in [1.29, 1.82) is 0 Å². The van der Waals surface area contributed by atoms with Gasteiger partial charge >= 0.3 is 0 Å². The normalized spacial score (nSPS) is 19.1. The van der Waals surface area contributed by atoms with Crippen LogP contribution in [0.3, 0.4) is 0 Å². The van der Waals surface area contributed by atoms with Crippen LogP contribution in [0.15, 0.2) is 24.3 Å². The number of benzene rings is 1. The van der Waals surface area contributed by atoms with Crippen molar-refractivity contribution in [3.63, 3.8) is 0 Å². The van der Waals surface area contributed by atoms with Gasteiger partial charge in [0.2, 0.25) is 0 Å². The second-order valence-electron chi connectivity index (χ2n) is 4.05. The van der Waals surface area contributed by atoms with E-state index in [0.717, 1.165) is 31.7 Å². The highest BCUT2D eigenvalue weighted by Crippen LogP contribution is 2.33. The Morgan fingerprint density at radius 2 is 1.93 bits per heavy atom. The summed E-state index contributed by atoms with van der Waals surface area (Å²) in [6, 6.07) is 8.28. The summed E-state index contributed by atoms with van der Waals surface area (Å²) in [4.78, 5) is 0. The molecule has 0 unspecified atom stereocenters. The summed E-state index contributed by atoms with van der Waals surface area (Å²) in [5.41, 5.74) is 1.33. The lowest BCUT2D eigenvalue weighted by Gasteiger charge is -2.29. The van der Waals surface area contributed by atoms with Crippen LogP contribution in [0.5, 0.6) is 5.75 Å². The van der Waals surface area contributed by atoms with Gasteiger partial charge in [0.1, 0.15) is 5.75 Å². The number of hydrogen-bond donors (Lipinski definition) is 1. The molecule has 2 rings (SSSR count). The third kappa shape index (κ3) is 2.30. The Bertz CT molecular complexity index is 319. The molecule has 82 valence electrons. The quantitative estimate of drug-likeness (QED) is 0.749. The molecular weight excluding hydrogens is 188 g/mol. The van der Waals surface area contributed by atoms with Gasteiger partial charge in [-0.1, -0.05) is 18.2 Å². The zero-order valence-electron chi connectivity index (χ0n) is 9.15. The minimum Gasteiger partial charge on any atom is -0.496 e. The number of piperidine rings is 1. The lowest BCUT2D eigenvalue weighted by molar-refractivity contribution is 0.215. The number of hydrogen-bond acceptors (Lipinski definition) is 3. The second kappa shape index (κ2) is 4.64. The number of nitrogens with two attached hydrogens (primary N) is 1. The Morgan fingerprint density at radius 3 is 2.60 bits per heavy atom. The summed E-state index contributed by atoms with van der Waals surface area (Å²) in [6.07, 6.45) is 2.24. The molecule has 1 heterocycles. The van der Waals surface area contributed by atoms with Crippen LogP contribution >= 0.6 is 0 Å². The molecular formula is C12H18N2O. The summed E-state index contributed by atoms with van der Waals surface area (Å²) in [5.74, 6) is 7.35. The lowest BCUT2D eigenvalue weighted by Crippen LogP contribution is -2.38. The second-order valence-corrected chi connectivity index (χ2v) is 4.05. The van der Waals surface area contributed by atoms with E-state index in [9.17, 15) is 0 Å². The van der Waals surface area contributed by atoms with Crippen molar-refractivity contribution in [3.8, 4) is 5.75 Å². The third-order valence-corrected chi connectivity index (χ3v) is 3.11. The van der Waals surface area contributed by atoms with Crippen LogP contribution in [-0.2, 0) is 0 Å². The molecule has 15 heavy (non-hydrogen) atoms. The maximum absolute atomic E-state index is 5.75. The first kappa shape index (κ1) is 10.5. The highest BCUT2D eigenvalue weighted by molar-refractivity contribution is 5.36. The maximum atomic E-state index is 5.75. The van der Waals surface area contributed by atoms with E-state index < -0.39 is 0 Å². The fourth-order valence-corrected chi connectivity index (χ4v) is 2.21. The van der Waals surface area contributed by atoms with E-state index in [-0.39, 0.29) is 0 Å². The molecule has 0 spiro atoms. The summed E-state index contributed by atoms with van der Waals surface area (Å²) < 4.78 is 5.38. The number of hydrazine groups is 1. The Hall–Kier alpha value is -1.06. The van der Waals surface area contributed by atoms with E-state index in [1.807, 2.05) is 17.1 Å². The van der Waals surface area contributed by atoms with E-state index in [1.54, 1.807) is 7.11 Å². The smallest absolute Gasteiger partial charge is 0.122 e. The molecule has 3 heteroatoms. The molecule has 1 aromatic rings. The Morgan fingerprint density at radius 1 is 1.27 bits per heavy atom. The van der Waals surface area contributed by atoms with Crippen LogP contribution in [0.4, 0.5) is 0 Å². The van der Waals surface area contributed by atoms with Crippen molar-refractivity contribution < 1.29 is 4.74 Å². The van der Waals surface area contributed by atoms with Gasteiger partial charge in [-0.05, 0) is 30.4 Å². The molecule has 1 aromatic carbocycles. The minimum absolute atomic E-state index is 0.598. The Balaban J connectivity index is 2.15. The van der Waals surface area contributed by atoms with Crippen molar-refractivity contribution in [2.75, 3.05) is 20.2 Å².